The SMILES string of the molecule is CCc1ccccc1NS(=O)(=O)c1c(C)n[nH]c1C. The topological polar surface area (TPSA) is 74.8 Å². The molecule has 1 aromatic carbocycles. The number of rotatable bonds is 4. The van der Waals surface area contributed by atoms with Gasteiger partial charge < -0.3 is 0 Å². The molecule has 0 amide bonds. The molecule has 0 aliphatic heterocycles. The quantitative estimate of drug-likeness (QED) is 0.902. The fraction of sp³-hybridized carbons (Fsp3) is 0.308. The summed E-state index contributed by atoms with van der Waals surface area (Å²) in [6, 6.07) is 7.38. The van der Waals surface area contributed by atoms with Crippen LogP contribution < -0.4 is 4.72 Å². The Kier molecular flexibility index (Phi) is 3.61. The lowest BCUT2D eigenvalue weighted by Gasteiger charge is -2.11. The lowest BCUT2D eigenvalue weighted by molar-refractivity contribution is 0.600. The van der Waals surface area contributed by atoms with E-state index in [1.165, 1.54) is 0 Å². The van der Waals surface area contributed by atoms with Crippen LogP contribution in [0.1, 0.15) is 23.9 Å². The molecule has 0 saturated carbocycles. The van der Waals surface area contributed by atoms with Crippen molar-refractivity contribution in [3.63, 3.8) is 0 Å². The molecule has 0 fully saturated rings. The van der Waals surface area contributed by atoms with Crippen molar-refractivity contribution in [3.05, 3.63) is 41.2 Å². The number of nitrogens with zero attached hydrogens (tertiary/aromatic N) is 1. The molecule has 1 heterocycles. The summed E-state index contributed by atoms with van der Waals surface area (Å²) in [5.41, 5.74) is 2.59. The van der Waals surface area contributed by atoms with Crippen molar-refractivity contribution < 1.29 is 8.42 Å². The van der Waals surface area contributed by atoms with Crippen LogP contribution in [0.15, 0.2) is 29.2 Å². The third-order valence-corrected chi connectivity index (χ3v) is 4.60. The zero-order valence-corrected chi connectivity index (χ0v) is 12.0. The van der Waals surface area contributed by atoms with Gasteiger partial charge in [-0.2, -0.15) is 5.10 Å². The summed E-state index contributed by atoms with van der Waals surface area (Å²) in [4.78, 5) is 0.221. The molecule has 0 aliphatic rings. The molecule has 2 rings (SSSR count). The van der Waals surface area contributed by atoms with Crippen molar-refractivity contribution in [1.82, 2.24) is 10.2 Å². The molecular weight excluding hydrogens is 262 g/mol. The first-order chi connectivity index (χ1) is 8.95. The number of benzene rings is 1. The van der Waals surface area contributed by atoms with Crippen molar-refractivity contribution in [2.75, 3.05) is 4.72 Å². The van der Waals surface area contributed by atoms with Gasteiger partial charge in [0.25, 0.3) is 10.0 Å². The first kappa shape index (κ1) is 13.6. The lowest BCUT2D eigenvalue weighted by Crippen LogP contribution is -2.15. The molecule has 0 aliphatic carbocycles. The Labute approximate surface area is 113 Å². The summed E-state index contributed by atoms with van der Waals surface area (Å²) in [5.74, 6) is 0. The molecule has 1 aromatic heterocycles. The molecular formula is C13H17N3O2S. The fourth-order valence-electron chi connectivity index (χ4n) is 2.06. The number of sulfonamides is 1. The predicted molar refractivity (Wildman–Crippen MR) is 74.7 cm³/mol. The number of aryl methyl sites for hydroxylation is 3. The van der Waals surface area contributed by atoms with Gasteiger partial charge in [-0.05, 0) is 31.9 Å². The maximum absolute atomic E-state index is 12.4. The van der Waals surface area contributed by atoms with Crippen LogP contribution in [-0.2, 0) is 16.4 Å². The third-order valence-electron chi connectivity index (χ3n) is 2.97. The van der Waals surface area contributed by atoms with Crippen LogP contribution in [-0.4, -0.2) is 18.6 Å². The molecule has 19 heavy (non-hydrogen) atoms. The maximum atomic E-state index is 12.4. The van der Waals surface area contributed by atoms with E-state index in [2.05, 4.69) is 14.9 Å². The highest BCUT2D eigenvalue weighted by molar-refractivity contribution is 7.92. The highest BCUT2D eigenvalue weighted by atomic mass is 32.2. The Morgan fingerprint density at radius 1 is 1.26 bits per heavy atom. The number of anilines is 1. The lowest BCUT2D eigenvalue weighted by atomic mass is 10.1. The van der Waals surface area contributed by atoms with Crippen molar-refractivity contribution in [2.24, 2.45) is 0 Å². The average molecular weight is 279 g/mol. The van der Waals surface area contributed by atoms with Gasteiger partial charge in [0.1, 0.15) is 4.90 Å². The van der Waals surface area contributed by atoms with E-state index in [4.69, 9.17) is 0 Å². The summed E-state index contributed by atoms with van der Waals surface area (Å²) in [7, 11) is -3.61. The standard InChI is InChI=1S/C13H17N3O2S/c1-4-11-7-5-6-8-12(11)16-19(17,18)13-9(2)14-15-10(13)3/h5-8,16H,4H2,1-3H3,(H,14,15). The molecule has 0 unspecified atom stereocenters. The Hall–Kier alpha value is -1.82. The summed E-state index contributed by atoms with van der Waals surface area (Å²) in [6.07, 6.45) is 0.766. The first-order valence-electron chi connectivity index (χ1n) is 6.08. The van der Waals surface area contributed by atoms with Crippen molar-refractivity contribution >= 4 is 15.7 Å². The Morgan fingerprint density at radius 3 is 2.53 bits per heavy atom. The number of para-hydroxylation sites is 1. The van der Waals surface area contributed by atoms with Crippen LogP contribution in [0.3, 0.4) is 0 Å². The molecule has 5 nitrogen and oxygen atoms in total. The monoisotopic (exact) mass is 279 g/mol. The molecule has 0 radical (unpaired) electrons. The van der Waals surface area contributed by atoms with Gasteiger partial charge in [0.15, 0.2) is 0 Å². The van der Waals surface area contributed by atoms with Gasteiger partial charge in [0, 0.05) is 0 Å². The molecule has 2 N–H and O–H groups in total. The summed E-state index contributed by atoms with van der Waals surface area (Å²) >= 11 is 0. The molecule has 0 bridgehead atoms. The van der Waals surface area contributed by atoms with E-state index in [1.807, 2.05) is 25.1 Å². The van der Waals surface area contributed by atoms with E-state index >= 15 is 0 Å². The molecule has 0 atom stereocenters. The number of nitrogens with one attached hydrogen (secondary N) is 2. The highest BCUT2D eigenvalue weighted by Gasteiger charge is 2.22. The van der Waals surface area contributed by atoms with Gasteiger partial charge in [0.05, 0.1) is 17.1 Å². The molecule has 2 aromatic rings. The van der Waals surface area contributed by atoms with E-state index < -0.39 is 10.0 Å². The molecule has 0 spiro atoms. The Morgan fingerprint density at radius 2 is 1.95 bits per heavy atom. The third kappa shape index (κ3) is 2.63. The van der Waals surface area contributed by atoms with Crippen molar-refractivity contribution in [2.45, 2.75) is 32.1 Å². The van der Waals surface area contributed by atoms with Gasteiger partial charge in [0.2, 0.25) is 0 Å². The van der Waals surface area contributed by atoms with Gasteiger partial charge in [-0.15, -0.1) is 0 Å². The Balaban J connectivity index is 2.43. The van der Waals surface area contributed by atoms with Crippen molar-refractivity contribution in [1.29, 1.82) is 0 Å². The fourth-order valence-corrected chi connectivity index (χ4v) is 3.53. The molecule has 6 heteroatoms. The second-order valence-corrected chi connectivity index (χ2v) is 6.00. The van der Waals surface area contributed by atoms with Gasteiger partial charge in [-0.25, -0.2) is 8.42 Å². The van der Waals surface area contributed by atoms with Crippen LogP contribution in [0.2, 0.25) is 0 Å². The van der Waals surface area contributed by atoms with E-state index in [1.54, 1.807) is 19.9 Å². The van der Waals surface area contributed by atoms with Gasteiger partial charge in [-0.1, -0.05) is 25.1 Å². The minimum absolute atomic E-state index is 0.221. The largest absolute Gasteiger partial charge is 0.281 e. The predicted octanol–water partition coefficient (Wildman–Crippen LogP) is 2.39. The van der Waals surface area contributed by atoms with Gasteiger partial charge in [-0.3, -0.25) is 9.82 Å². The second-order valence-electron chi connectivity index (χ2n) is 4.38. The number of aromatic amines is 1. The van der Waals surface area contributed by atoms with Crippen LogP contribution in [0, 0.1) is 13.8 Å². The molecule has 102 valence electrons. The molecule has 0 saturated heterocycles. The van der Waals surface area contributed by atoms with Crippen LogP contribution in [0.25, 0.3) is 0 Å². The highest BCUT2D eigenvalue weighted by Crippen LogP contribution is 2.23. The van der Waals surface area contributed by atoms with Crippen LogP contribution in [0.4, 0.5) is 5.69 Å². The number of H-pyrrole nitrogens is 1. The van der Waals surface area contributed by atoms with E-state index in [0.717, 1.165) is 12.0 Å². The number of aromatic nitrogens is 2. The second kappa shape index (κ2) is 5.05. The van der Waals surface area contributed by atoms with E-state index in [9.17, 15) is 8.42 Å². The summed E-state index contributed by atoms with van der Waals surface area (Å²) in [6.45, 7) is 5.35. The van der Waals surface area contributed by atoms with Crippen LogP contribution in [0.5, 0.6) is 0 Å². The number of hydrogen-bond donors (Lipinski definition) is 2. The van der Waals surface area contributed by atoms with Crippen molar-refractivity contribution in [3.8, 4) is 0 Å². The Bertz CT molecular complexity index is 670. The zero-order chi connectivity index (χ0) is 14.0. The maximum Gasteiger partial charge on any atom is 0.265 e. The average Bonchev–Trinajstić information content (AvgIpc) is 2.70. The number of hydrogen-bond acceptors (Lipinski definition) is 3. The smallest absolute Gasteiger partial charge is 0.265 e. The van der Waals surface area contributed by atoms with E-state index in [-0.39, 0.29) is 4.90 Å². The minimum Gasteiger partial charge on any atom is -0.281 e. The zero-order valence-electron chi connectivity index (χ0n) is 11.2. The summed E-state index contributed by atoms with van der Waals surface area (Å²) in [5, 5.41) is 6.61. The normalized spacial score (nSPS) is 11.5. The van der Waals surface area contributed by atoms with Crippen LogP contribution >= 0.6 is 0 Å². The minimum atomic E-state index is -3.61. The summed E-state index contributed by atoms with van der Waals surface area (Å²) < 4.78 is 27.4. The van der Waals surface area contributed by atoms with Gasteiger partial charge >= 0.3 is 0 Å². The van der Waals surface area contributed by atoms with E-state index in [0.29, 0.717) is 17.1 Å². The first-order valence-corrected chi connectivity index (χ1v) is 7.56.